The zero-order chi connectivity index (χ0) is 18.2. The predicted octanol–water partition coefficient (Wildman–Crippen LogP) is 4.60. The molecule has 5 nitrogen and oxygen atoms in total. The first-order valence-electron chi connectivity index (χ1n) is 7.39. The lowest BCUT2D eigenvalue weighted by molar-refractivity contribution is 0.600. The van der Waals surface area contributed by atoms with E-state index in [4.69, 9.17) is 23.2 Å². The molecular weight excluding hydrogens is 381 g/mol. The van der Waals surface area contributed by atoms with Crippen LogP contribution in [-0.4, -0.2) is 18.2 Å². The number of hydrogen-bond acceptors (Lipinski definition) is 3. The van der Waals surface area contributed by atoms with E-state index in [0.29, 0.717) is 22.1 Å². The molecular formula is C17H15Cl2N3O2S. The van der Waals surface area contributed by atoms with E-state index < -0.39 is 10.0 Å². The normalized spacial score (nSPS) is 11.5. The van der Waals surface area contributed by atoms with Crippen molar-refractivity contribution in [1.29, 1.82) is 0 Å². The molecule has 2 aromatic carbocycles. The van der Waals surface area contributed by atoms with Crippen molar-refractivity contribution < 1.29 is 8.42 Å². The number of rotatable bonds is 4. The second kappa shape index (κ2) is 6.71. The third-order valence-electron chi connectivity index (χ3n) is 3.67. The first kappa shape index (κ1) is 17.8. The molecule has 0 spiro atoms. The van der Waals surface area contributed by atoms with Crippen molar-refractivity contribution in [3.63, 3.8) is 0 Å². The summed E-state index contributed by atoms with van der Waals surface area (Å²) in [7, 11) is -3.83. The quantitative estimate of drug-likeness (QED) is 0.701. The van der Waals surface area contributed by atoms with E-state index in [-0.39, 0.29) is 9.92 Å². The van der Waals surface area contributed by atoms with Crippen LogP contribution in [0.4, 0.5) is 5.69 Å². The molecule has 0 unspecified atom stereocenters. The maximum Gasteiger partial charge on any atom is 0.265 e. The van der Waals surface area contributed by atoms with E-state index in [0.717, 1.165) is 5.69 Å². The molecule has 25 heavy (non-hydrogen) atoms. The molecule has 0 saturated carbocycles. The van der Waals surface area contributed by atoms with Gasteiger partial charge in [0, 0.05) is 0 Å². The highest BCUT2D eigenvalue weighted by molar-refractivity contribution is 7.92. The summed E-state index contributed by atoms with van der Waals surface area (Å²) in [6.45, 7) is 3.38. The minimum atomic E-state index is -3.83. The summed E-state index contributed by atoms with van der Waals surface area (Å²) in [4.78, 5) is 0.141. The number of nitrogens with zero attached hydrogens (tertiary/aromatic N) is 2. The Morgan fingerprint density at radius 1 is 1.00 bits per heavy atom. The maximum absolute atomic E-state index is 12.8. The van der Waals surface area contributed by atoms with Gasteiger partial charge in [0.2, 0.25) is 0 Å². The van der Waals surface area contributed by atoms with Crippen molar-refractivity contribution >= 4 is 38.9 Å². The first-order chi connectivity index (χ1) is 11.8. The average Bonchev–Trinajstić information content (AvgIpc) is 2.87. The zero-order valence-corrected chi connectivity index (χ0v) is 15.8. The third kappa shape index (κ3) is 3.51. The van der Waals surface area contributed by atoms with E-state index in [1.165, 1.54) is 12.1 Å². The number of anilines is 1. The summed E-state index contributed by atoms with van der Waals surface area (Å²) >= 11 is 11.8. The van der Waals surface area contributed by atoms with Crippen LogP contribution < -0.4 is 4.72 Å². The second-order valence-corrected chi connectivity index (χ2v) is 7.92. The predicted molar refractivity (Wildman–Crippen MR) is 100 cm³/mol. The molecule has 0 aliphatic heterocycles. The van der Waals surface area contributed by atoms with Crippen LogP contribution in [0.5, 0.6) is 0 Å². The highest BCUT2D eigenvalue weighted by Gasteiger charge is 2.25. The van der Waals surface area contributed by atoms with Crippen molar-refractivity contribution in [3.8, 4) is 5.69 Å². The van der Waals surface area contributed by atoms with Gasteiger partial charge in [-0.15, -0.1) is 0 Å². The van der Waals surface area contributed by atoms with E-state index in [1.54, 1.807) is 24.6 Å². The van der Waals surface area contributed by atoms with Crippen LogP contribution in [0, 0.1) is 13.8 Å². The van der Waals surface area contributed by atoms with Crippen LogP contribution in [-0.2, 0) is 10.0 Å². The number of aryl methyl sites for hydroxylation is 1. The van der Waals surface area contributed by atoms with E-state index >= 15 is 0 Å². The Bertz CT molecular complexity index is 1030. The topological polar surface area (TPSA) is 64.0 Å². The molecule has 1 N–H and O–H groups in total. The summed E-state index contributed by atoms with van der Waals surface area (Å²) in [6, 6.07) is 13.9. The number of halogens is 2. The highest BCUT2D eigenvalue weighted by atomic mass is 35.5. The fourth-order valence-electron chi connectivity index (χ4n) is 2.60. The van der Waals surface area contributed by atoms with Gasteiger partial charge in [-0.25, -0.2) is 13.1 Å². The number of benzene rings is 2. The van der Waals surface area contributed by atoms with E-state index in [9.17, 15) is 8.42 Å². The molecule has 3 aromatic rings. The van der Waals surface area contributed by atoms with Gasteiger partial charge in [-0.3, -0.25) is 4.72 Å². The molecule has 1 heterocycles. The lowest BCUT2D eigenvalue weighted by atomic mass is 10.3. The summed E-state index contributed by atoms with van der Waals surface area (Å²) in [5.74, 6) is 0. The number of nitrogens with one attached hydrogen (secondary N) is 1. The Balaban J connectivity index is 2.03. The molecule has 3 rings (SSSR count). The smallest absolute Gasteiger partial charge is 0.265 e. The van der Waals surface area contributed by atoms with E-state index in [2.05, 4.69) is 9.82 Å². The summed E-state index contributed by atoms with van der Waals surface area (Å²) in [5, 5.41) is 5.00. The first-order valence-corrected chi connectivity index (χ1v) is 9.63. The maximum atomic E-state index is 12.8. The molecule has 130 valence electrons. The Morgan fingerprint density at radius 3 is 2.32 bits per heavy atom. The van der Waals surface area contributed by atoms with Gasteiger partial charge in [-0.2, -0.15) is 5.10 Å². The molecule has 0 amide bonds. The average molecular weight is 396 g/mol. The monoisotopic (exact) mass is 395 g/mol. The van der Waals surface area contributed by atoms with Crippen molar-refractivity contribution in [2.75, 3.05) is 4.72 Å². The highest BCUT2D eigenvalue weighted by Crippen LogP contribution is 2.28. The van der Waals surface area contributed by atoms with Gasteiger partial charge < -0.3 is 0 Å². The lowest BCUT2D eigenvalue weighted by Crippen LogP contribution is -2.15. The fourth-order valence-corrected chi connectivity index (χ4v) is 4.35. The summed E-state index contributed by atoms with van der Waals surface area (Å²) in [5.41, 5.74) is 2.06. The third-order valence-corrected chi connectivity index (χ3v) is 6.04. The molecule has 0 aliphatic rings. The van der Waals surface area contributed by atoms with Crippen LogP contribution in [0.15, 0.2) is 53.4 Å². The lowest BCUT2D eigenvalue weighted by Gasteiger charge is -2.10. The second-order valence-electron chi connectivity index (χ2n) is 5.48. The molecule has 0 fully saturated rings. The number of aromatic nitrogens is 2. The zero-order valence-electron chi connectivity index (χ0n) is 13.5. The van der Waals surface area contributed by atoms with Gasteiger partial charge in [-0.1, -0.05) is 41.4 Å². The van der Waals surface area contributed by atoms with Gasteiger partial charge >= 0.3 is 0 Å². The minimum absolute atomic E-state index is 0.141. The van der Waals surface area contributed by atoms with Gasteiger partial charge in [0.15, 0.2) is 0 Å². The van der Waals surface area contributed by atoms with Crippen LogP contribution >= 0.6 is 23.2 Å². The van der Waals surface area contributed by atoms with Crippen LogP contribution in [0.3, 0.4) is 0 Å². The molecule has 0 atom stereocenters. The minimum Gasteiger partial charge on any atom is -0.279 e. The number of hydrogen-bond donors (Lipinski definition) is 1. The van der Waals surface area contributed by atoms with Crippen LogP contribution in [0.1, 0.15) is 11.4 Å². The standard InChI is InChI=1S/C17H15Cl2N3O2S/c1-11-17(12(2)22(20-11)14-6-4-3-5-7-14)25(23,24)21-13-8-9-15(18)16(19)10-13/h3-10,21H,1-2H3. The Kier molecular flexibility index (Phi) is 4.77. The number of sulfonamides is 1. The Hall–Kier alpha value is -2.02. The van der Waals surface area contributed by atoms with Crippen molar-refractivity contribution in [2.45, 2.75) is 18.7 Å². The van der Waals surface area contributed by atoms with Crippen molar-refractivity contribution in [2.24, 2.45) is 0 Å². The molecule has 0 saturated heterocycles. The van der Waals surface area contributed by atoms with Crippen LogP contribution in [0.2, 0.25) is 10.0 Å². The molecule has 0 bridgehead atoms. The van der Waals surface area contributed by atoms with Gasteiger partial charge in [0.05, 0.1) is 32.8 Å². The molecule has 0 aliphatic carbocycles. The van der Waals surface area contributed by atoms with Gasteiger partial charge in [0.1, 0.15) is 4.90 Å². The molecule has 8 heteroatoms. The largest absolute Gasteiger partial charge is 0.279 e. The van der Waals surface area contributed by atoms with Gasteiger partial charge in [0.25, 0.3) is 10.0 Å². The number of para-hydroxylation sites is 1. The van der Waals surface area contributed by atoms with Crippen molar-refractivity contribution in [3.05, 3.63) is 70.0 Å². The summed E-state index contributed by atoms with van der Waals surface area (Å²) in [6.07, 6.45) is 0. The Morgan fingerprint density at radius 2 is 1.68 bits per heavy atom. The van der Waals surface area contributed by atoms with Gasteiger partial charge in [-0.05, 0) is 44.2 Å². The van der Waals surface area contributed by atoms with Crippen molar-refractivity contribution in [1.82, 2.24) is 9.78 Å². The molecule has 1 aromatic heterocycles. The fraction of sp³-hybridized carbons (Fsp3) is 0.118. The Labute approximate surface area is 156 Å². The summed E-state index contributed by atoms with van der Waals surface area (Å²) < 4.78 is 29.8. The SMILES string of the molecule is Cc1nn(-c2ccccc2)c(C)c1S(=O)(=O)Nc1ccc(Cl)c(Cl)c1. The van der Waals surface area contributed by atoms with Crippen LogP contribution in [0.25, 0.3) is 5.69 Å². The molecule has 0 radical (unpaired) electrons. The van der Waals surface area contributed by atoms with E-state index in [1.807, 2.05) is 30.3 Å².